The second-order valence-electron chi connectivity index (χ2n) is 8.80. The lowest BCUT2D eigenvalue weighted by Crippen LogP contribution is -2.32. The Morgan fingerprint density at radius 3 is 2.23 bits per heavy atom. The van der Waals surface area contributed by atoms with Gasteiger partial charge in [0.1, 0.15) is 0 Å². The van der Waals surface area contributed by atoms with Crippen LogP contribution in [-0.2, 0) is 4.79 Å². The first-order chi connectivity index (χ1) is 18.2. The second kappa shape index (κ2) is 11.9. The van der Waals surface area contributed by atoms with Crippen LogP contribution in [0.2, 0.25) is 0 Å². The van der Waals surface area contributed by atoms with Gasteiger partial charge in [-0.3, -0.25) is 9.48 Å². The molecule has 0 atom stereocenters. The van der Waals surface area contributed by atoms with Crippen molar-refractivity contribution in [2.75, 3.05) is 6.54 Å². The molecular weight excluding hydrogens is 546 g/mol. The molecule has 0 bridgehead atoms. The fourth-order valence-corrected chi connectivity index (χ4v) is 4.07. The van der Waals surface area contributed by atoms with Gasteiger partial charge in [0, 0.05) is 23.7 Å². The monoisotopic (exact) mass is 567 g/mol. The Hall–Kier alpha value is -3.91. The first-order valence-electron chi connectivity index (χ1n) is 11.4. The summed E-state index contributed by atoms with van der Waals surface area (Å²) in [6, 6.07) is 4.93. The number of fused-ring (bicyclic) bond motifs is 1. The maximum absolute atomic E-state index is 13.8. The smallest absolute Gasteiger partial charge is 0.490 e. The molecule has 1 aromatic heterocycles. The molecule has 1 aliphatic rings. The van der Waals surface area contributed by atoms with Crippen molar-refractivity contribution in [3.05, 3.63) is 59.0 Å². The maximum atomic E-state index is 13.8. The summed E-state index contributed by atoms with van der Waals surface area (Å²) in [6.45, 7) is 0.202. The molecule has 39 heavy (non-hydrogen) atoms. The predicted molar refractivity (Wildman–Crippen MR) is 120 cm³/mol. The fraction of sp³-hybridized carbons (Fsp3) is 0.375. The van der Waals surface area contributed by atoms with E-state index in [-0.39, 0.29) is 24.1 Å². The number of alkyl halides is 5. The molecule has 0 unspecified atom stereocenters. The van der Waals surface area contributed by atoms with E-state index in [0.29, 0.717) is 11.6 Å². The molecular formula is C24H21F8N3O4. The molecule has 1 fully saturated rings. The number of carbonyl (C=O) groups excluding carboxylic acids is 1. The number of carboxylic acids is 1. The molecule has 4 rings (SSSR count). The van der Waals surface area contributed by atoms with E-state index in [1.165, 1.54) is 12.1 Å². The molecule has 1 saturated carbocycles. The number of amides is 1. The van der Waals surface area contributed by atoms with E-state index in [1.54, 1.807) is 10.7 Å². The van der Waals surface area contributed by atoms with Crippen molar-refractivity contribution in [3.63, 3.8) is 0 Å². The van der Waals surface area contributed by atoms with E-state index in [4.69, 9.17) is 15.0 Å². The molecule has 15 heteroatoms. The Morgan fingerprint density at radius 1 is 1.05 bits per heavy atom. The average molecular weight is 567 g/mol. The molecule has 3 N–H and O–H groups in total. The average Bonchev–Trinajstić information content (AvgIpc) is 3.31. The third-order valence-electron chi connectivity index (χ3n) is 6.16. The minimum absolute atomic E-state index is 0.0768. The van der Waals surface area contributed by atoms with Gasteiger partial charge in [-0.25, -0.2) is 22.4 Å². The highest BCUT2D eigenvalue weighted by Crippen LogP contribution is 2.33. The van der Waals surface area contributed by atoms with Gasteiger partial charge in [0.05, 0.1) is 17.1 Å². The summed E-state index contributed by atoms with van der Waals surface area (Å²) in [7, 11) is 0. The lowest BCUT2D eigenvalue weighted by atomic mass is 9.86. The lowest BCUT2D eigenvalue weighted by Gasteiger charge is -2.28. The summed E-state index contributed by atoms with van der Waals surface area (Å²) in [6.07, 6.45) is -2.87. The van der Waals surface area contributed by atoms with Gasteiger partial charge in [-0.2, -0.15) is 22.7 Å². The summed E-state index contributed by atoms with van der Waals surface area (Å²) < 4.78 is 100. The van der Waals surface area contributed by atoms with Crippen molar-refractivity contribution in [2.45, 2.75) is 44.3 Å². The normalized spacial score (nSPS) is 17.6. The van der Waals surface area contributed by atoms with Crippen molar-refractivity contribution < 1.29 is 54.9 Å². The molecule has 212 valence electrons. The van der Waals surface area contributed by atoms with Crippen molar-refractivity contribution in [2.24, 2.45) is 5.92 Å². The first kappa shape index (κ1) is 29.6. The van der Waals surface area contributed by atoms with Gasteiger partial charge < -0.3 is 15.5 Å². The zero-order valence-corrected chi connectivity index (χ0v) is 19.8. The van der Waals surface area contributed by atoms with Crippen LogP contribution in [0.1, 0.15) is 54.1 Å². The summed E-state index contributed by atoms with van der Waals surface area (Å²) in [5.74, 6) is -9.92. The Kier molecular flexibility index (Phi) is 9.02. The molecule has 0 spiro atoms. The highest BCUT2D eigenvalue weighted by atomic mass is 19.4. The van der Waals surface area contributed by atoms with Gasteiger partial charge in [0.25, 0.3) is 12.3 Å². The molecule has 7 nitrogen and oxygen atoms in total. The molecule has 0 aliphatic heterocycles. The molecule has 1 amide bonds. The number of aromatic nitrogens is 2. The zero-order chi connectivity index (χ0) is 29.1. The van der Waals surface area contributed by atoms with E-state index in [0.717, 1.165) is 31.1 Å². The summed E-state index contributed by atoms with van der Waals surface area (Å²) >= 11 is 0. The highest BCUT2D eigenvalue weighted by molar-refractivity contribution is 5.94. The predicted octanol–water partition coefficient (Wildman–Crippen LogP) is 5.89. The number of benzene rings is 2. The third-order valence-corrected chi connectivity index (χ3v) is 6.16. The van der Waals surface area contributed by atoms with E-state index >= 15 is 0 Å². The standard InChI is InChI=1S/C22H20F5N3O2.C2HF3O2/c23-16-8-15(18(24)19(25)20(16)31)22(32)28-9-11-1-5-14(6-2-11)30-10-13-4-3-12(21(26)27)7-17(13)29-30;3-2(4,5)1(6)7/h3-4,7-8,10-11,14,21,31H,1-2,5-6,9H2,(H,28,32);(H,6,7). The van der Waals surface area contributed by atoms with Crippen molar-refractivity contribution in [1.82, 2.24) is 15.1 Å². The number of rotatable bonds is 5. The van der Waals surface area contributed by atoms with Crippen LogP contribution in [-0.4, -0.2) is 44.6 Å². The molecule has 2 aromatic carbocycles. The summed E-state index contributed by atoms with van der Waals surface area (Å²) in [4.78, 5) is 21.0. The molecule has 0 saturated heterocycles. The minimum atomic E-state index is -5.08. The number of hydrogen-bond donors (Lipinski definition) is 3. The van der Waals surface area contributed by atoms with Crippen LogP contribution in [0, 0.1) is 23.4 Å². The Labute approximate surface area is 215 Å². The number of aliphatic carboxylic acids is 1. The van der Waals surface area contributed by atoms with Gasteiger partial charge in [-0.15, -0.1) is 0 Å². The van der Waals surface area contributed by atoms with Crippen LogP contribution in [0.4, 0.5) is 35.1 Å². The number of phenolic OH excluding ortho intramolecular Hbond substituents is 1. The van der Waals surface area contributed by atoms with Crippen molar-refractivity contribution >= 4 is 22.8 Å². The summed E-state index contributed by atoms with van der Waals surface area (Å²) in [5.41, 5.74) is -0.377. The lowest BCUT2D eigenvalue weighted by molar-refractivity contribution is -0.192. The van der Waals surface area contributed by atoms with Crippen LogP contribution in [0.3, 0.4) is 0 Å². The Balaban J connectivity index is 0.000000532. The topological polar surface area (TPSA) is 104 Å². The van der Waals surface area contributed by atoms with Crippen LogP contribution >= 0.6 is 0 Å². The molecule has 1 aliphatic carbocycles. The van der Waals surface area contributed by atoms with Crippen LogP contribution in [0.25, 0.3) is 10.9 Å². The number of halogens is 8. The number of aromatic hydroxyl groups is 1. The number of carboxylic acid groups (broad SMARTS) is 1. The third kappa shape index (κ3) is 7.15. The molecule has 0 radical (unpaired) electrons. The van der Waals surface area contributed by atoms with Crippen LogP contribution in [0.5, 0.6) is 5.75 Å². The molecule has 3 aromatic rings. The van der Waals surface area contributed by atoms with Crippen molar-refractivity contribution in [3.8, 4) is 5.75 Å². The van der Waals surface area contributed by atoms with Gasteiger partial charge >= 0.3 is 12.1 Å². The Morgan fingerprint density at radius 2 is 1.67 bits per heavy atom. The number of phenols is 1. The maximum Gasteiger partial charge on any atom is 0.490 e. The zero-order valence-electron chi connectivity index (χ0n) is 19.8. The second-order valence-corrected chi connectivity index (χ2v) is 8.80. The number of nitrogens with one attached hydrogen (secondary N) is 1. The minimum Gasteiger partial charge on any atom is -0.503 e. The number of carbonyl (C=O) groups is 2. The van der Waals surface area contributed by atoms with Gasteiger partial charge in [0.15, 0.2) is 17.4 Å². The number of nitrogens with zero attached hydrogens (tertiary/aromatic N) is 2. The first-order valence-corrected chi connectivity index (χ1v) is 11.4. The van der Waals surface area contributed by atoms with Crippen molar-refractivity contribution in [1.29, 1.82) is 0 Å². The Bertz CT molecular complexity index is 1350. The largest absolute Gasteiger partial charge is 0.503 e. The van der Waals surface area contributed by atoms with Crippen LogP contribution < -0.4 is 5.32 Å². The fourth-order valence-electron chi connectivity index (χ4n) is 4.07. The van der Waals surface area contributed by atoms with E-state index in [9.17, 15) is 39.9 Å². The quantitative estimate of drug-likeness (QED) is 0.264. The van der Waals surface area contributed by atoms with Crippen LogP contribution in [0.15, 0.2) is 30.5 Å². The van der Waals surface area contributed by atoms with Gasteiger partial charge in [-0.05, 0) is 43.7 Å². The number of hydrogen-bond acceptors (Lipinski definition) is 4. The van der Waals surface area contributed by atoms with E-state index in [2.05, 4.69) is 10.4 Å². The highest BCUT2D eigenvalue weighted by Gasteiger charge is 2.38. The SMILES string of the molecule is O=C(NCC1CCC(n2cc3ccc(C(F)F)cc3n2)CC1)c1cc(F)c(O)c(F)c1F.O=C(O)C(F)(F)F. The van der Waals surface area contributed by atoms with E-state index < -0.39 is 53.2 Å². The summed E-state index contributed by atoms with van der Waals surface area (Å²) in [5, 5.41) is 23.9. The van der Waals surface area contributed by atoms with E-state index in [1.807, 2.05) is 6.20 Å². The van der Waals surface area contributed by atoms with Gasteiger partial charge in [-0.1, -0.05) is 12.1 Å². The van der Waals surface area contributed by atoms with Gasteiger partial charge in [0.2, 0.25) is 5.82 Å². The molecule has 1 heterocycles.